The van der Waals surface area contributed by atoms with Gasteiger partial charge in [-0.1, -0.05) is 36.4 Å². The number of phenols is 1. The Morgan fingerprint density at radius 2 is 1.96 bits per heavy atom. The number of rotatable bonds is 4. The van der Waals surface area contributed by atoms with Crippen molar-refractivity contribution in [1.82, 2.24) is 4.90 Å². The van der Waals surface area contributed by atoms with Crippen molar-refractivity contribution in [1.29, 1.82) is 0 Å². The highest BCUT2D eigenvalue weighted by molar-refractivity contribution is 5.97. The number of amides is 1. The van der Waals surface area contributed by atoms with Crippen molar-refractivity contribution in [2.75, 3.05) is 6.54 Å². The van der Waals surface area contributed by atoms with Gasteiger partial charge in [-0.3, -0.25) is 4.79 Å². The second-order valence-corrected chi connectivity index (χ2v) is 6.93. The maximum absolute atomic E-state index is 13.0. The molecular formula is C21H25NO3. The molecule has 132 valence electrons. The summed E-state index contributed by atoms with van der Waals surface area (Å²) in [5.74, 6) is -0.0862. The normalized spacial score (nSPS) is 18.4. The first-order valence-corrected chi connectivity index (χ1v) is 8.81. The molecule has 1 aliphatic heterocycles. The van der Waals surface area contributed by atoms with E-state index in [0.29, 0.717) is 24.1 Å². The topological polar surface area (TPSA) is 60.8 Å². The van der Waals surface area contributed by atoms with Crippen LogP contribution in [0.2, 0.25) is 0 Å². The SMILES string of the molecule is Cc1cc(C)c(O)c(C(=O)N2CCCC2CC(O)c2ccccc2)c1. The van der Waals surface area contributed by atoms with Crippen LogP contribution in [0.1, 0.15) is 52.4 Å². The lowest BCUT2D eigenvalue weighted by Crippen LogP contribution is -2.36. The molecule has 1 fully saturated rings. The summed E-state index contributed by atoms with van der Waals surface area (Å²) in [4.78, 5) is 14.8. The van der Waals surface area contributed by atoms with Gasteiger partial charge in [-0.25, -0.2) is 0 Å². The molecule has 2 atom stereocenters. The maximum Gasteiger partial charge on any atom is 0.257 e. The Morgan fingerprint density at radius 1 is 1.24 bits per heavy atom. The highest BCUT2D eigenvalue weighted by Crippen LogP contribution is 2.31. The number of aliphatic hydroxyl groups excluding tert-OH is 1. The van der Waals surface area contributed by atoms with E-state index in [1.54, 1.807) is 17.9 Å². The van der Waals surface area contributed by atoms with Gasteiger partial charge in [0, 0.05) is 12.6 Å². The van der Waals surface area contributed by atoms with Gasteiger partial charge < -0.3 is 15.1 Å². The van der Waals surface area contributed by atoms with E-state index in [-0.39, 0.29) is 17.7 Å². The molecule has 1 amide bonds. The van der Waals surface area contributed by atoms with E-state index in [1.807, 2.05) is 43.3 Å². The minimum absolute atomic E-state index is 0.0112. The third-order valence-electron chi connectivity index (χ3n) is 4.99. The lowest BCUT2D eigenvalue weighted by atomic mass is 9.99. The first kappa shape index (κ1) is 17.5. The van der Waals surface area contributed by atoms with Crippen molar-refractivity contribution in [3.63, 3.8) is 0 Å². The Labute approximate surface area is 148 Å². The predicted molar refractivity (Wildman–Crippen MR) is 97.7 cm³/mol. The van der Waals surface area contributed by atoms with E-state index in [1.165, 1.54) is 0 Å². The maximum atomic E-state index is 13.0. The summed E-state index contributed by atoms with van der Waals surface area (Å²) in [7, 11) is 0. The summed E-state index contributed by atoms with van der Waals surface area (Å²) in [6.07, 6.45) is 1.72. The molecule has 3 rings (SSSR count). The van der Waals surface area contributed by atoms with Crippen LogP contribution in [0.15, 0.2) is 42.5 Å². The molecular weight excluding hydrogens is 314 g/mol. The highest BCUT2D eigenvalue weighted by Gasteiger charge is 2.32. The number of nitrogens with zero attached hydrogens (tertiary/aromatic N) is 1. The molecule has 4 nitrogen and oxygen atoms in total. The highest BCUT2D eigenvalue weighted by atomic mass is 16.3. The van der Waals surface area contributed by atoms with Gasteiger partial charge in [-0.2, -0.15) is 0 Å². The van der Waals surface area contributed by atoms with Gasteiger partial charge in [0.05, 0.1) is 11.7 Å². The van der Waals surface area contributed by atoms with Crippen LogP contribution in [0.25, 0.3) is 0 Å². The van der Waals surface area contributed by atoms with Gasteiger partial charge >= 0.3 is 0 Å². The van der Waals surface area contributed by atoms with E-state index in [4.69, 9.17) is 0 Å². The summed E-state index contributed by atoms with van der Waals surface area (Å²) < 4.78 is 0. The second kappa shape index (κ2) is 7.28. The molecule has 0 bridgehead atoms. The Kier molecular flexibility index (Phi) is 5.09. The van der Waals surface area contributed by atoms with Crippen molar-refractivity contribution in [3.8, 4) is 5.75 Å². The van der Waals surface area contributed by atoms with Crippen molar-refractivity contribution in [2.45, 2.75) is 45.3 Å². The molecule has 4 heteroatoms. The second-order valence-electron chi connectivity index (χ2n) is 6.93. The molecule has 2 aromatic carbocycles. The number of benzene rings is 2. The van der Waals surface area contributed by atoms with Crippen molar-refractivity contribution < 1.29 is 15.0 Å². The quantitative estimate of drug-likeness (QED) is 0.892. The van der Waals surface area contributed by atoms with Crippen LogP contribution in [0.5, 0.6) is 5.75 Å². The van der Waals surface area contributed by atoms with Crippen LogP contribution >= 0.6 is 0 Å². The molecule has 1 aliphatic rings. The number of aliphatic hydroxyl groups is 1. The largest absolute Gasteiger partial charge is 0.507 e. The number of aryl methyl sites for hydroxylation is 2. The number of likely N-dealkylation sites (tertiary alicyclic amines) is 1. The van der Waals surface area contributed by atoms with Crippen molar-refractivity contribution in [3.05, 3.63) is 64.7 Å². The van der Waals surface area contributed by atoms with Crippen LogP contribution in [-0.2, 0) is 0 Å². The van der Waals surface area contributed by atoms with Gasteiger partial charge in [0.1, 0.15) is 5.75 Å². The predicted octanol–water partition coefficient (Wildman–Crippen LogP) is 3.74. The summed E-state index contributed by atoms with van der Waals surface area (Å²) in [6, 6.07) is 13.1. The Balaban J connectivity index is 1.79. The minimum Gasteiger partial charge on any atom is -0.507 e. The van der Waals surface area contributed by atoms with Crippen LogP contribution < -0.4 is 0 Å². The minimum atomic E-state index is -0.590. The third-order valence-corrected chi connectivity index (χ3v) is 4.99. The zero-order valence-corrected chi connectivity index (χ0v) is 14.8. The van der Waals surface area contributed by atoms with Crippen molar-refractivity contribution in [2.24, 2.45) is 0 Å². The van der Waals surface area contributed by atoms with Crippen LogP contribution in [-0.4, -0.2) is 33.6 Å². The van der Waals surface area contributed by atoms with E-state index < -0.39 is 6.10 Å². The molecule has 2 unspecified atom stereocenters. The van der Waals surface area contributed by atoms with Crippen LogP contribution in [0, 0.1) is 13.8 Å². The Bertz CT molecular complexity index is 757. The van der Waals surface area contributed by atoms with Gasteiger partial charge in [0.15, 0.2) is 0 Å². The summed E-state index contributed by atoms with van der Waals surface area (Å²) in [5.41, 5.74) is 2.90. The molecule has 1 saturated heterocycles. The fourth-order valence-corrected chi connectivity index (χ4v) is 3.69. The number of phenolic OH excluding ortho intramolecular Hbond substituents is 1. The van der Waals surface area contributed by atoms with E-state index >= 15 is 0 Å². The average Bonchev–Trinajstić information content (AvgIpc) is 3.06. The molecule has 0 radical (unpaired) electrons. The summed E-state index contributed by atoms with van der Waals surface area (Å²) >= 11 is 0. The summed E-state index contributed by atoms with van der Waals surface area (Å²) in [5, 5.41) is 20.8. The number of carbonyl (C=O) groups excluding carboxylic acids is 1. The van der Waals surface area contributed by atoms with E-state index in [0.717, 1.165) is 24.0 Å². The van der Waals surface area contributed by atoms with Gasteiger partial charge in [0.25, 0.3) is 5.91 Å². The standard InChI is InChI=1S/C21H25NO3/c1-14-11-15(2)20(24)18(12-14)21(25)22-10-6-9-17(22)13-19(23)16-7-4-3-5-8-16/h3-5,7-8,11-12,17,19,23-24H,6,9-10,13H2,1-2H3. The molecule has 0 spiro atoms. The van der Waals surface area contributed by atoms with Crippen LogP contribution in [0.4, 0.5) is 0 Å². The zero-order valence-electron chi connectivity index (χ0n) is 14.8. The van der Waals surface area contributed by atoms with E-state index in [9.17, 15) is 15.0 Å². The first-order valence-electron chi connectivity index (χ1n) is 8.81. The fourth-order valence-electron chi connectivity index (χ4n) is 3.69. The number of aromatic hydroxyl groups is 1. The molecule has 1 heterocycles. The lowest BCUT2D eigenvalue weighted by molar-refractivity contribution is 0.0664. The molecule has 2 aromatic rings. The van der Waals surface area contributed by atoms with Gasteiger partial charge in [-0.05, 0) is 55.9 Å². The Hall–Kier alpha value is -2.33. The molecule has 0 saturated carbocycles. The van der Waals surface area contributed by atoms with Gasteiger partial charge in [0.2, 0.25) is 0 Å². The third kappa shape index (κ3) is 3.69. The molecule has 0 aliphatic carbocycles. The number of carbonyl (C=O) groups is 1. The zero-order chi connectivity index (χ0) is 18.0. The van der Waals surface area contributed by atoms with Crippen molar-refractivity contribution >= 4 is 5.91 Å². The molecule has 0 aromatic heterocycles. The van der Waals surface area contributed by atoms with E-state index in [2.05, 4.69) is 0 Å². The summed E-state index contributed by atoms with van der Waals surface area (Å²) in [6.45, 7) is 4.39. The molecule has 2 N–H and O–H groups in total. The van der Waals surface area contributed by atoms with Crippen LogP contribution in [0.3, 0.4) is 0 Å². The Morgan fingerprint density at radius 3 is 2.68 bits per heavy atom. The average molecular weight is 339 g/mol. The number of hydrogen-bond donors (Lipinski definition) is 2. The number of hydrogen-bond acceptors (Lipinski definition) is 3. The van der Waals surface area contributed by atoms with Gasteiger partial charge in [-0.15, -0.1) is 0 Å². The lowest BCUT2D eigenvalue weighted by Gasteiger charge is -2.27. The smallest absolute Gasteiger partial charge is 0.257 e. The molecule has 25 heavy (non-hydrogen) atoms. The first-order chi connectivity index (χ1) is 12.0. The fraction of sp³-hybridized carbons (Fsp3) is 0.381. The monoisotopic (exact) mass is 339 g/mol.